The fourth-order valence-corrected chi connectivity index (χ4v) is 2.68. The summed E-state index contributed by atoms with van der Waals surface area (Å²) in [5.41, 5.74) is 1.51. The van der Waals surface area contributed by atoms with Crippen molar-refractivity contribution in [2.45, 2.75) is 13.5 Å². The Labute approximate surface area is 150 Å². The number of carbonyl (C=O) groups is 2. The van der Waals surface area contributed by atoms with Gasteiger partial charge in [0.25, 0.3) is 11.8 Å². The predicted molar refractivity (Wildman–Crippen MR) is 97.6 cm³/mol. The Morgan fingerprint density at radius 3 is 2.50 bits per heavy atom. The lowest BCUT2D eigenvalue weighted by Gasteiger charge is -2.01. The van der Waals surface area contributed by atoms with E-state index in [-0.39, 0.29) is 24.0 Å². The van der Waals surface area contributed by atoms with E-state index >= 15 is 0 Å². The maximum atomic E-state index is 11.9. The molecule has 2 amide bonds. The van der Waals surface area contributed by atoms with E-state index in [2.05, 4.69) is 15.5 Å². The number of nitrogens with zero attached hydrogens (tertiary/aromatic N) is 3. The lowest BCUT2D eigenvalue weighted by atomic mass is 10.2. The number of para-hydroxylation sites is 1. The van der Waals surface area contributed by atoms with Crippen molar-refractivity contribution in [2.24, 2.45) is 10.2 Å². The molecular weight excluding hydrogens is 332 g/mol. The first-order valence-corrected chi connectivity index (χ1v) is 8.19. The van der Waals surface area contributed by atoms with Crippen molar-refractivity contribution in [1.29, 1.82) is 0 Å². The van der Waals surface area contributed by atoms with E-state index in [0.717, 1.165) is 5.52 Å². The number of azo groups is 1. The highest BCUT2D eigenvalue weighted by molar-refractivity contribution is 5.97. The molecule has 3 rings (SSSR count). The Morgan fingerprint density at radius 1 is 1.08 bits per heavy atom. The Balaban J connectivity index is 1.72. The quantitative estimate of drug-likeness (QED) is 0.690. The molecule has 2 aromatic carbocycles. The Hall–Kier alpha value is -3.48. The summed E-state index contributed by atoms with van der Waals surface area (Å²) in [5, 5.41) is 21.0. The normalized spacial score (nSPS) is 11.1. The average molecular weight is 350 g/mol. The number of aryl methyl sites for hydroxylation is 1. The molecule has 26 heavy (non-hydrogen) atoms. The summed E-state index contributed by atoms with van der Waals surface area (Å²) in [6.45, 7) is 2.19. The smallest absolute Gasteiger partial charge is 0.283 e. The van der Waals surface area contributed by atoms with Crippen molar-refractivity contribution in [3.63, 3.8) is 0 Å². The average Bonchev–Trinajstić information content (AvgIpc) is 2.95. The van der Waals surface area contributed by atoms with E-state index in [0.29, 0.717) is 17.5 Å². The van der Waals surface area contributed by atoms with Crippen LogP contribution in [-0.2, 0) is 11.3 Å². The minimum Gasteiger partial charge on any atom is -0.493 e. The fraction of sp³-hybridized carbons (Fsp3) is 0.158. The van der Waals surface area contributed by atoms with Gasteiger partial charge in [-0.3, -0.25) is 9.59 Å². The molecule has 0 atom stereocenters. The van der Waals surface area contributed by atoms with Gasteiger partial charge in [-0.15, -0.1) is 10.2 Å². The molecule has 0 radical (unpaired) electrons. The molecular formula is C19H18N4O3. The van der Waals surface area contributed by atoms with Gasteiger partial charge in [-0.2, -0.15) is 0 Å². The molecule has 1 aromatic heterocycles. The van der Waals surface area contributed by atoms with Crippen LogP contribution < -0.4 is 5.32 Å². The van der Waals surface area contributed by atoms with Crippen LogP contribution in [0.1, 0.15) is 17.3 Å². The number of amides is 2. The van der Waals surface area contributed by atoms with Crippen LogP contribution in [0.4, 0.5) is 5.69 Å². The summed E-state index contributed by atoms with van der Waals surface area (Å²) in [5.74, 6) is -1.01. The van der Waals surface area contributed by atoms with Crippen LogP contribution in [0.2, 0.25) is 0 Å². The zero-order valence-corrected chi connectivity index (χ0v) is 14.2. The van der Waals surface area contributed by atoms with Crippen LogP contribution in [0, 0.1) is 0 Å². The Kier molecular flexibility index (Phi) is 5.07. The summed E-state index contributed by atoms with van der Waals surface area (Å²) >= 11 is 0. The molecule has 0 spiro atoms. The van der Waals surface area contributed by atoms with Crippen LogP contribution in [0.5, 0.6) is 5.88 Å². The van der Waals surface area contributed by atoms with Crippen LogP contribution in [-0.4, -0.2) is 28.0 Å². The summed E-state index contributed by atoms with van der Waals surface area (Å²) in [7, 11) is 0. The predicted octanol–water partition coefficient (Wildman–Crippen LogP) is 3.41. The summed E-state index contributed by atoms with van der Waals surface area (Å²) in [6, 6.07) is 15.9. The van der Waals surface area contributed by atoms with Gasteiger partial charge in [0.1, 0.15) is 6.54 Å². The van der Waals surface area contributed by atoms with Crippen molar-refractivity contribution in [1.82, 2.24) is 9.88 Å². The number of aromatic nitrogens is 1. The highest BCUT2D eigenvalue weighted by atomic mass is 16.3. The number of carbonyl (C=O) groups excluding carboxylic acids is 2. The van der Waals surface area contributed by atoms with Gasteiger partial charge in [-0.25, -0.2) is 0 Å². The lowest BCUT2D eigenvalue weighted by Crippen LogP contribution is -2.28. The molecule has 7 heteroatoms. The maximum absolute atomic E-state index is 11.9. The second-order valence-corrected chi connectivity index (χ2v) is 5.58. The summed E-state index contributed by atoms with van der Waals surface area (Å²) in [4.78, 5) is 23.8. The van der Waals surface area contributed by atoms with Gasteiger partial charge in [-0.05, 0) is 25.1 Å². The number of hydrogen-bond acceptors (Lipinski definition) is 4. The first-order chi connectivity index (χ1) is 12.6. The molecule has 132 valence electrons. The van der Waals surface area contributed by atoms with Crippen molar-refractivity contribution in [2.75, 3.05) is 6.54 Å². The SMILES string of the molecule is CCn1c(O)c(N=NC(=O)CNC(=O)c2ccccc2)c2ccccc21. The molecule has 0 aliphatic rings. The minimum atomic E-state index is -0.609. The van der Waals surface area contributed by atoms with Crippen molar-refractivity contribution >= 4 is 28.4 Å². The molecule has 0 aliphatic carbocycles. The number of nitrogens with one attached hydrogen (secondary N) is 1. The first kappa shape index (κ1) is 17.3. The molecule has 2 N–H and O–H groups in total. The third kappa shape index (κ3) is 3.46. The summed E-state index contributed by atoms with van der Waals surface area (Å²) in [6.07, 6.45) is 0. The molecule has 0 fully saturated rings. The maximum Gasteiger partial charge on any atom is 0.283 e. The van der Waals surface area contributed by atoms with Gasteiger partial charge >= 0.3 is 0 Å². The Bertz CT molecular complexity index is 977. The molecule has 0 unspecified atom stereocenters. The van der Waals surface area contributed by atoms with E-state index in [9.17, 15) is 14.7 Å². The van der Waals surface area contributed by atoms with E-state index < -0.39 is 5.91 Å². The van der Waals surface area contributed by atoms with E-state index in [1.165, 1.54) is 0 Å². The highest BCUT2D eigenvalue weighted by Crippen LogP contribution is 2.38. The molecule has 0 aliphatic heterocycles. The standard InChI is InChI=1S/C19H18N4O3/c1-2-23-15-11-7-6-10-14(15)17(19(23)26)22-21-16(24)12-20-18(25)13-8-4-3-5-9-13/h3-11,26H,2,12H2,1H3,(H,20,25). The van der Waals surface area contributed by atoms with Gasteiger partial charge in [0.05, 0.1) is 5.52 Å². The Morgan fingerprint density at radius 2 is 1.77 bits per heavy atom. The fourth-order valence-electron chi connectivity index (χ4n) is 2.68. The number of fused-ring (bicyclic) bond motifs is 1. The first-order valence-electron chi connectivity index (χ1n) is 8.19. The zero-order valence-electron chi connectivity index (χ0n) is 14.2. The molecule has 0 bridgehead atoms. The zero-order chi connectivity index (χ0) is 18.5. The van der Waals surface area contributed by atoms with Crippen LogP contribution in [0.25, 0.3) is 10.9 Å². The van der Waals surface area contributed by atoms with Crippen molar-refractivity contribution in [3.05, 3.63) is 60.2 Å². The topological polar surface area (TPSA) is 96.0 Å². The van der Waals surface area contributed by atoms with Crippen molar-refractivity contribution < 1.29 is 14.7 Å². The number of aromatic hydroxyl groups is 1. The van der Waals surface area contributed by atoms with Crippen LogP contribution >= 0.6 is 0 Å². The van der Waals surface area contributed by atoms with Gasteiger partial charge in [0, 0.05) is 17.5 Å². The van der Waals surface area contributed by atoms with Crippen molar-refractivity contribution in [3.8, 4) is 5.88 Å². The van der Waals surface area contributed by atoms with E-state index in [4.69, 9.17) is 0 Å². The number of rotatable bonds is 5. The minimum absolute atomic E-state index is 0.0430. The van der Waals surface area contributed by atoms with E-state index in [1.807, 2.05) is 25.1 Å². The molecule has 1 heterocycles. The number of hydrogen-bond donors (Lipinski definition) is 2. The molecule has 3 aromatic rings. The molecule has 0 saturated carbocycles. The third-order valence-electron chi connectivity index (χ3n) is 3.93. The van der Waals surface area contributed by atoms with Gasteiger partial charge in [0.2, 0.25) is 5.88 Å². The molecule has 0 saturated heterocycles. The largest absolute Gasteiger partial charge is 0.493 e. The monoisotopic (exact) mass is 350 g/mol. The van der Waals surface area contributed by atoms with Crippen LogP contribution in [0.3, 0.4) is 0 Å². The molecule has 7 nitrogen and oxygen atoms in total. The third-order valence-corrected chi connectivity index (χ3v) is 3.93. The van der Waals surface area contributed by atoms with Crippen LogP contribution in [0.15, 0.2) is 64.8 Å². The summed E-state index contributed by atoms with van der Waals surface area (Å²) < 4.78 is 1.69. The highest BCUT2D eigenvalue weighted by Gasteiger charge is 2.15. The number of benzene rings is 2. The van der Waals surface area contributed by atoms with Gasteiger partial charge in [0.15, 0.2) is 5.69 Å². The lowest BCUT2D eigenvalue weighted by molar-refractivity contribution is -0.117. The second-order valence-electron chi connectivity index (χ2n) is 5.58. The van der Waals surface area contributed by atoms with E-state index in [1.54, 1.807) is 41.0 Å². The van der Waals surface area contributed by atoms with Gasteiger partial charge < -0.3 is 15.0 Å². The second kappa shape index (κ2) is 7.60. The van der Waals surface area contributed by atoms with Gasteiger partial charge in [-0.1, -0.05) is 36.4 Å².